The van der Waals surface area contributed by atoms with Gasteiger partial charge in [0.25, 0.3) is 0 Å². The topological polar surface area (TPSA) is 0 Å². The summed E-state index contributed by atoms with van der Waals surface area (Å²) in [6, 6.07) is 52.2. The molecule has 10 rings (SSSR count). The van der Waals surface area contributed by atoms with Gasteiger partial charge in [0, 0.05) is 5.41 Å². The van der Waals surface area contributed by atoms with E-state index in [0.717, 1.165) is 60.0 Å². The molecule has 1 aliphatic rings. The number of hydrogen-bond donors (Lipinski definition) is 0. The van der Waals surface area contributed by atoms with E-state index in [1.54, 1.807) is 0 Å². The maximum Gasteiger partial charge on any atom is 0.0629 e. The molecule has 0 N–H and O–H groups in total. The van der Waals surface area contributed by atoms with Crippen molar-refractivity contribution in [1.82, 2.24) is 0 Å². The summed E-state index contributed by atoms with van der Waals surface area (Å²) in [5.41, 5.74) is 7.02. The van der Waals surface area contributed by atoms with E-state index in [1.807, 2.05) is 48.5 Å². The molecule has 9 aromatic carbocycles. The van der Waals surface area contributed by atoms with Crippen LogP contribution in [0.3, 0.4) is 0 Å². The fourth-order valence-electron chi connectivity index (χ4n) is 8.14. The standard InChI is InChI=1S/C48H32/c1-48(38-15-3-2-4-16-38)45-20-10-18-40(47(45)44-29-35-13-7-8-14-36(35)30-46(44)48)32-23-21-31(22-24-32)39-17-9-19-41-42(39)26-25-37-27-33-11-5-6-12-34(33)28-43(37)41/h2-30H,1H3/i21D,22D,23D,24D. The third-order valence-corrected chi connectivity index (χ3v) is 10.6. The molecule has 9 aromatic rings. The first-order valence-electron chi connectivity index (χ1n) is 18.5. The van der Waals surface area contributed by atoms with E-state index >= 15 is 0 Å². The summed E-state index contributed by atoms with van der Waals surface area (Å²) in [7, 11) is 0. The van der Waals surface area contributed by atoms with Crippen molar-refractivity contribution in [2.45, 2.75) is 12.3 Å². The van der Waals surface area contributed by atoms with Gasteiger partial charge in [-0.15, -0.1) is 0 Å². The SMILES string of the molecule is [2H]c1c([2H])c(-c2cccc3c2ccc2cc4ccccc4cc23)c([2H])c([2H])c1-c1cccc2c1-c1cc3ccccc3cc1C2(C)c1ccccc1. The maximum atomic E-state index is 9.54. The van der Waals surface area contributed by atoms with Crippen LogP contribution in [0.25, 0.3) is 76.5 Å². The number of rotatable bonds is 3. The van der Waals surface area contributed by atoms with E-state index in [-0.39, 0.29) is 24.2 Å². The van der Waals surface area contributed by atoms with E-state index in [4.69, 9.17) is 0 Å². The third kappa shape index (κ3) is 3.90. The molecule has 224 valence electrons. The van der Waals surface area contributed by atoms with Gasteiger partial charge in [-0.3, -0.25) is 0 Å². The molecule has 0 saturated heterocycles. The Labute approximate surface area is 286 Å². The molecule has 48 heavy (non-hydrogen) atoms. The Morgan fingerprint density at radius 1 is 0.396 bits per heavy atom. The van der Waals surface area contributed by atoms with Crippen LogP contribution < -0.4 is 0 Å². The van der Waals surface area contributed by atoms with Crippen LogP contribution >= 0.6 is 0 Å². The molecule has 0 aliphatic heterocycles. The van der Waals surface area contributed by atoms with Gasteiger partial charge in [0.1, 0.15) is 0 Å². The van der Waals surface area contributed by atoms with Gasteiger partial charge in [0.05, 0.1) is 5.48 Å². The summed E-state index contributed by atoms with van der Waals surface area (Å²) >= 11 is 0. The van der Waals surface area contributed by atoms with Crippen LogP contribution in [0.15, 0.2) is 176 Å². The number of hydrogen-bond acceptors (Lipinski definition) is 0. The fourth-order valence-corrected chi connectivity index (χ4v) is 8.14. The van der Waals surface area contributed by atoms with Crippen molar-refractivity contribution in [2.75, 3.05) is 0 Å². The first-order chi connectivity index (χ1) is 25.3. The lowest BCUT2D eigenvalue weighted by molar-refractivity contribution is 0.715. The first-order valence-corrected chi connectivity index (χ1v) is 16.5. The van der Waals surface area contributed by atoms with Gasteiger partial charge in [-0.2, -0.15) is 0 Å². The van der Waals surface area contributed by atoms with Gasteiger partial charge in [-0.05, 0) is 124 Å². The molecule has 0 nitrogen and oxygen atoms in total. The van der Waals surface area contributed by atoms with Gasteiger partial charge >= 0.3 is 0 Å². The van der Waals surface area contributed by atoms with E-state index in [2.05, 4.69) is 110 Å². The zero-order valence-corrected chi connectivity index (χ0v) is 26.4. The molecular weight excluding hydrogens is 577 g/mol. The van der Waals surface area contributed by atoms with Crippen molar-refractivity contribution < 1.29 is 5.48 Å². The Bertz CT molecular complexity index is 2930. The minimum Gasteiger partial charge on any atom is -0.0622 e. The van der Waals surface area contributed by atoms with Crippen LogP contribution in [0.2, 0.25) is 0 Å². The molecule has 1 aliphatic carbocycles. The molecule has 0 heteroatoms. The normalized spacial score (nSPS) is 16.4. The molecular formula is C48H32. The minimum atomic E-state index is -0.485. The third-order valence-electron chi connectivity index (χ3n) is 10.6. The van der Waals surface area contributed by atoms with Crippen molar-refractivity contribution >= 4 is 43.1 Å². The summed E-state index contributed by atoms with van der Waals surface area (Å²) in [5, 5.41) is 8.73. The second-order valence-electron chi connectivity index (χ2n) is 13.1. The van der Waals surface area contributed by atoms with E-state index in [9.17, 15) is 5.48 Å². The zero-order valence-electron chi connectivity index (χ0n) is 30.4. The van der Waals surface area contributed by atoms with Crippen molar-refractivity contribution in [3.63, 3.8) is 0 Å². The Balaban J connectivity index is 1.22. The molecule has 0 spiro atoms. The first kappa shape index (κ1) is 23.4. The van der Waals surface area contributed by atoms with Gasteiger partial charge < -0.3 is 0 Å². The van der Waals surface area contributed by atoms with Crippen LogP contribution in [0.1, 0.15) is 29.1 Å². The van der Waals surface area contributed by atoms with Crippen molar-refractivity contribution in [1.29, 1.82) is 0 Å². The predicted octanol–water partition coefficient (Wildman–Crippen LogP) is 13.0. The highest BCUT2D eigenvalue weighted by molar-refractivity contribution is 6.15. The van der Waals surface area contributed by atoms with Gasteiger partial charge in [-0.25, -0.2) is 0 Å². The summed E-state index contributed by atoms with van der Waals surface area (Å²) in [6.07, 6.45) is 0. The van der Waals surface area contributed by atoms with E-state index in [0.29, 0.717) is 22.3 Å². The molecule has 1 atom stereocenters. The summed E-state index contributed by atoms with van der Waals surface area (Å²) < 4.78 is 38.0. The minimum absolute atomic E-state index is 0.0381. The van der Waals surface area contributed by atoms with Crippen molar-refractivity contribution in [2.24, 2.45) is 0 Å². The Morgan fingerprint density at radius 3 is 1.75 bits per heavy atom. The Morgan fingerprint density at radius 2 is 1.00 bits per heavy atom. The number of fused-ring (bicyclic) bond motifs is 8. The van der Waals surface area contributed by atoms with Crippen LogP contribution in [-0.2, 0) is 5.41 Å². The molecule has 0 bridgehead atoms. The van der Waals surface area contributed by atoms with Crippen LogP contribution in [0.4, 0.5) is 0 Å². The molecule has 0 aromatic heterocycles. The molecule has 0 radical (unpaired) electrons. The molecule has 0 amide bonds. The van der Waals surface area contributed by atoms with Crippen LogP contribution in [0.5, 0.6) is 0 Å². The average molecular weight is 613 g/mol. The van der Waals surface area contributed by atoms with Crippen molar-refractivity contribution in [3.8, 4) is 33.4 Å². The largest absolute Gasteiger partial charge is 0.0629 e. The molecule has 0 saturated carbocycles. The summed E-state index contributed by atoms with van der Waals surface area (Å²) in [5.74, 6) is 0. The zero-order chi connectivity index (χ0) is 35.3. The summed E-state index contributed by atoms with van der Waals surface area (Å²) in [4.78, 5) is 0. The molecule has 0 heterocycles. The maximum absolute atomic E-state index is 9.54. The summed E-state index contributed by atoms with van der Waals surface area (Å²) in [6.45, 7) is 2.26. The lowest BCUT2D eigenvalue weighted by Crippen LogP contribution is -2.22. The Hall–Kier alpha value is -5.98. The molecule has 0 fully saturated rings. The number of benzene rings is 9. The van der Waals surface area contributed by atoms with Crippen LogP contribution in [0, 0.1) is 0 Å². The lowest BCUT2D eigenvalue weighted by Gasteiger charge is -2.28. The van der Waals surface area contributed by atoms with Crippen LogP contribution in [-0.4, -0.2) is 0 Å². The monoisotopic (exact) mass is 612 g/mol. The van der Waals surface area contributed by atoms with Gasteiger partial charge in [0.15, 0.2) is 0 Å². The van der Waals surface area contributed by atoms with E-state index < -0.39 is 5.41 Å². The highest BCUT2D eigenvalue weighted by Crippen LogP contribution is 2.56. The second kappa shape index (κ2) is 10.3. The van der Waals surface area contributed by atoms with Gasteiger partial charge in [-0.1, -0.05) is 152 Å². The predicted molar refractivity (Wildman–Crippen MR) is 205 cm³/mol. The molecule has 1 unspecified atom stereocenters. The van der Waals surface area contributed by atoms with E-state index in [1.165, 1.54) is 10.9 Å². The Kier molecular flexibility index (Phi) is 4.99. The highest BCUT2D eigenvalue weighted by atomic mass is 14.4. The second-order valence-corrected chi connectivity index (χ2v) is 13.1. The average Bonchev–Trinajstić information content (AvgIpc) is 3.44. The quantitative estimate of drug-likeness (QED) is 0.138. The highest BCUT2D eigenvalue weighted by Gasteiger charge is 2.42. The lowest BCUT2D eigenvalue weighted by atomic mass is 9.74. The smallest absolute Gasteiger partial charge is 0.0622 e. The fraction of sp³-hybridized carbons (Fsp3) is 0.0417. The van der Waals surface area contributed by atoms with Crippen molar-refractivity contribution in [3.05, 3.63) is 193 Å². The van der Waals surface area contributed by atoms with Gasteiger partial charge in [0.2, 0.25) is 0 Å².